The first kappa shape index (κ1) is 16.2. The van der Waals surface area contributed by atoms with E-state index < -0.39 is 0 Å². The maximum atomic E-state index is 3.27. The normalized spacial score (nSPS) is 11.3. The van der Waals surface area contributed by atoms with Gasteiger partial charge < -0.3 is 0 Å². The van der Waals surface area contributed by atoms with Gasteiger partial charge in [0, 0.05) is 0 Å². The van der Waals surface area contributed by atoms with Crippen LogP contribution >= 0.6 is 0 Å². The molecule has 0 aliphatic rings. The predicted molar refractivity (Wildman–Crippen MR) is 91.4 cm³/mol. The molecule has 1 radical (unpaired) electrons. The van der Waals surface area contributed by atoms with Gasteiger partial charge in [-0.05, 0) is 0 Å². The fraction of sp³-hybridized carbons (Fsp3) is 0.235. The van der Waals surface area contributed by atoms with Crippen LogP contribution in [0.25, 0.3) is 0 Å². The van der Waals surface area contributed by atoms with Crippen LogP contribution in [0.5, 0.6) is 0 Å². The summed E-state index contributed by atoms with van der Waals surface area (Å²) in [5, 5.41) is 1.09. The van der Waals surface area contributed by atoms with E-state index >= 15 is 0 Å². The molecule has 2 aromatic rings. The van der Waals surface area contributed by atoms with Crippen LogP contribution in [0, 0.1) is 0 Å². The minimum atomic E-state index is -0.0492. The van der Waals surface area contributed by atoms with Crippen molar-refractivity contribution in [2.24, 2.45) is 0 Å². The zero-order chi connectivity index (χ0) is 14.4. The molecule has 0 amide bonds. The summed E-state index contributed by atoms with van der Waals surface area (Å²) in [6, 6.07) is 21.6. The molecular formula is C17H17Se3. The Kier molecular flexibility index (Phi) is 6.30. The van der Waals surface area contributed by atoms with E-state index in [1.165, 1.54) is 14.4 Å². The number of hydrogen-bond donors (Lipinski definition) is 0. The second-order valence-electron chi connectivity index (χ2n) is 4.75. The van der Waals surface area contributed by atoms with E-state index in [9.17, 15) is 0 Å². The second-order valence-corrected chi connectivity index (χ2v) is 8.88. The SMILES string of the molecule is [Se]CCCC(C(=[Se])[SeH])(c1ccccc1)c1ccccc1. The molecule has 3 heteroatoms. The second kappa shape index (κ2) is 7.76. The van der Waals surface area contributed by atoms with E-state index in [1.807, 2.05) is 0 Å². The molecule has 0 fully saturated rings. The molecule has 0 aromatic heterocycles. The van der Waals surface area contributed by atoms with Crippen molar-refractivity contribution >= 4 is 50.9 Å². The van der Waals surface area contributed by atoms with Crippen molar-refractivity contribution in [2.45, 2.75) is 23.6 Å². The topological polar surface area (TPSA) is 0 Å². The minimum absolute atomic E-state index is 0.0492. The van der Waals surface area contributed by atoms with Gasteiger partial charge in [-0.1, -0.05) is 0 Å². The molecule has 20 heavy (non-hydrogen) atoms. The van der Waals surface area contributed by atoms with Crippen LogP contribution in [0.1, 0.15) is 24.0 Å². The molecule has 0 spiro atoms. The van der Waals surface area contributed by atoms with Gasteiger partial charge in [0.25, 0.3) is 0 Å². The Balaban J connectivity index is 2.60. The molecular weight excluding hydrogens is 441 g/mol. The van der Waals surface area contributed by atoms with Gasteiger partial charge in [-0.3, -0.25) is 0 Å². The van der Waals surface area contributed by atoms with Gasteiger partial charge in [-0.25, -0.2) is 0 Å². The van der Waals surface area contributed by atoms with Crippen LogP contribution in [0.3, 0.4) is 0 Å². The van der Waals surface area contributed by atoms with Gasteiger partial charge in [-0.15, -0.1) is 0 Å². The van der Waals surface area contributed by atoms with Crippen LogP contribution in [0.15, 0.2) is 60.7 Å². The van der Waals surface area contributed by atoms with Crippen molar-refractivity contribution in [3.05, 3.63) is 71.8 Å². The average molecular weight is 458 g/mol. The Morgan fingerprint density at radius 3 is 1.70 bits per heavy atom. The van der Waals surface area contributed by atoms with Gasteiger partial charge in [0.2, 0.25) is 0 Å². The fourth-order valence-corrected chi connectivity index (χ4v) is 4.38. The third-order valence-corrected chi connectivity index (χ3v) is 5.73. The fourth-order valence-electron chi connectivity index (χ4n) is 2.59. The molecule has 0 aliphatic carbocycles. The summed E-state index contributed by atoms with van der Waals surface area (Å²) < 4.78 is 1.27. The summed E-state index contributed by atoms with van der Waals surface area (Å²) >= 11 is 9.12. The standard InChI is InChI=1S/C17H17Se3/c18-13-7-12-17(16(19)20,14-8-3-1-4-9-14)15-10-5-2-6-11-15/h1-6,8-11H,7,12-13H2,(H,19,20). The molecule has 0 unspecified atom stereocenters. The number of rotatable bonds is 6. The summed E-state index contributed by atoms with van der Waals surface area (Å²) in [6.07, 6.45) is 2.26. The Hall–Kier alpha value is -0.132. The van der Waals surface area contributed by atoms with E-state index in [4.69, 9.17) is 0 Å². The maximum absolute atomic E-state index is 3.27. The van der Waals surface area contributed by atoms with E-state index in [0.717, 1.165) is 18.2 Å². The van der Waals surface area contributed by atoms with Gasteiger partial charge in [0.05, 0.1) is 0 Å². The Bertz CT molecular complexity index is 509. The average Bonchev–Trinajstić information content (AvgIpc) is 2.50. The number of benzene rings is 2. The van der Waals surface area contributed by atoms with Crippen molar-refractivity contribution < 1.29 is 0 Å². The van der Waals surface area contributed by atoms with Gasteiger partial charge in [-0.2, -0.15) is 0 Å². The van der Waals surface area contributed by atoms with Crippen molar-refractivity contribution in [3.8, 4) is 0 Å². The van der Waals surface area contributed by atoms with Crippen molar-refractivity contribution in [3.63, 3.8) is 0 Å². The van der Waals surface area contributed by atoms with Crippen molar-refractivity contribution in [1.29, 1.82) is 0 Å². The van der Waals surface area contributed by atoms with Crippen LogP contribution in [-0.4, -0.2) is 50.9 Å². The van der Waals surface area contributed by atoms with Gasteiger partial charge in [0.15, 0.2) is 0 Å². The molecule has 0 bridgehead atoms. The summed E-state index contributed by atoms with van der Waals surface area (Å²) in [6.45, 7) is 0. The third kappa shape index (κ3) is 3.37. The molecule has 0 aliphatic heterocycles. The van der Waals surface area contributed by atoms with E-state index in [0.29, 0.717) is 0 Å². The molecule has 0 nitrogen and oxygen atoms in total. The van der Waals surface area contributed by atoms with E-state index in [-0.39, 0.29) is 5.41 Å². The van der Waals surface area contributed by atoms with E-state index in [1.54, 1.807) is 0 Å². The van der Waals surface area contributed by atoms with Crippen LogP contribution in [0.2, 0.25) is 5.32 Å². The summed E-state index contributed by atoms with van der Waals surface area (Å²) in [4.78, 5) is 0. The molecule has 0 saturated heterocycles. The zero-order valence-corrected chi connectivity index (χ0v) is 16.5. The Morgan fingerprint density at radius 1 is 0.900 bits per heavy atom. The summed E-state index contributed by atoms with van der Waals surface area (Å²) in [5.74, 6) is 0. The van der Waals surface area contributed by atoms with Crippen molar-refractivity contribution in [1.82, 2.24) is 0 Å². The first-order chi connectivity index (χ1) is 9.71. The van der Waals surface area contributed by atoms with Crippen LogP contribution < -0.4 is 0 Å². The van der Waals surface area contributed by atoms with Gasteiger partial charge >= 0.3 is 146 Å². The molecule has 0 heterocycles. The molecule has 0 N–H and O–H groups in total. The van der Waals surface area contributed by atoms with Crippen LogP contribution in [0.4, 0.5) is 0 Å². The predicted octanol–water partition coefficient (Wildman–Crippen LogP) is 2.54. The summed E-state index contributed by atoms with van der Waals surface area (Å²) in [7, 11) is 0. The first-order valence-electron chi connectivity index (χ1n) is 6.64. The molecule has 2 aromatic carbocycles. The number of hydrogen-bond acceptors (Lipinski definition) is 0. The van der Waals surface area contributed by atoms with E-state index in [2.05, 4.69) is 108 Å². The van der Waals surface area contributed by atoms with Gasteiger partial charge in [0.1, 0.15) is 0 Å². The molecule has 0 saturated carbocycles. The van der Waals surface area contributed by atoms with Crippen LogP contribution in [-0.2, 0) is 5.41 Å². The molecule has 0 atom stereocenters. The third-order valence-electron chi connectivity index (χ3n) is 3.59. The zero-order valence-electron chi connectivity index (χ0n) is 11.2. The quantitative estimate of drug-likeness (QED) is 0.585. The Morgan fingerprint density at radius 2 is 1.35 bits per heavy atom. The summed E-state index contributed by atoms with van der Waals surface area (Å²) in [5.41, 5.74) is 2.66. The molecule has 2 rings (SSSR count). The monoisotopic (exact) mass is 461 g/mol. The van der Waals surface area contributed by atoms with Crippen molar-refractivity contribution in [2.75, 3.05) is 0 Å². The molecule has 103 valence electrons. The Labute approximate surface area is 145 Å². The first-order valence-corrected chi connectivity index (χ1v) is 9.65.